The number of nitrogens with one attached hydrogen (secondary N) is 2. The second kappa shape index (κ2) is 11.7. The van der Waals surface area contributed by atoms with Crippen LogP contribution >= 0.6 is 11.3 Å². The van der Waals surface area contributed by atoms with Gasteiger partial charge in [-0.2, -0.15) is 13.2 Å². The van der Waals surface area contributed by atoms with Gasteiger partial charge in [0.2, 0.25) is 5.91 Å². The van der Waals surface area contributed by atoms with Gasteiger partial charge in [0.15, 0.2) is 18.1 Å². The third-order valence-electron chi connectivity index (χ3n) is 5.16. The van der Waals surface area contributed by atoms with Crippen molar-refractivity contribution in [2.75, 3.05) is 25.6 Å². The number of methoxy groups -OCH3 is 1. The van der Waals surface area contributed by atoms with Gasteiger partial charge in [0.1, 0.15) is 12.1 Å². The number of anilines is 2. The van der Waals surface area contributed by atoms with Crippen molar-refractivity contribution in [2.24, 2.45) is 0 Å². The molecule has 2 aromatic carbocycles. The minimum atomic E-state index is -4.48. The first-order valence-corrected chi connectivity index (χ1v) is 12.1. The number of hydrogen-bond donors (Lipinski definition) is 2. The van der Waals surface area contributed by atoms with Crippen LogP contribution in [0.25, 0.3) is 17.0 Å². The average Bonchev–Trinajstić information content (AvgIpc) is 3.40. The topological polar surface area (TPSA) is 85.4 Å². The molecule has 0 saturated heterocycles. The first-order chi connectivity index (χ1) is 17.8. The molecular weight excluding hydrogens is 505 g/mol. The number of rotatable bonds is 10. The molecule has 0 aliphatic carbocycles. The molecule has 37 heavy (non-hydrogen) atoms. The SMILES string of the molecule is COc1cc2c(Nc3ccc(/C=C/C(=O)NCCc4cccs4)cc3)ncnc2cc1OCC(F)(F)F. The molecule has 0 atom stereocenters. The normalized spacial score (nSPS) is 11.6. The zero-order chi connectivity index (χ0) is 26.3. The second-order valence-electron chi connectivity index (χ2n) is 7.85. The maximum Gasteiger partial charge on any atom is 0.422 e. The van der Waals surface area contributed by atoms with Gasteiger partial charge in [-0.1, -0.05) is 18.2 Å². The summed E-state index contributed by atoms with van der Waals surface area (Å²) in [7, 11) is 1.34. The molecule has 2 aromatic heterocycles. The largest absolute Gasteiger partial charge is 0.493 e. The molecule has 4 aromatic rings. The summed E-state index contributed by atoms with van der Waals surface area (Å²) in [4.78, 5) is 21.7. The van der Waals surface area contributed by atoms with E-state index in [0.29, 0.717) is 29.0 Å². The average molecular weight is 529 g/mol. The van der Waals surface area contributed by atoms with Crippen molar-refractivity contribution < 1.29 is 27.4 Å². The molecule has 0 saturated carbocycles. The Morgan fingerprint density at radius 3 is 2.62 bits per heavy atom. The highest BCUT2D eigenvalue weighted by atomic mass is 32.1. The fraction of sp³-hybridized carbons (Fsp3) is 0.192. The van der Waals surface area contributed by atoms with Crippen LogP contribution < -0.4 is 20.1 Å². The summed E-state index contributed by atoms with van der Waals surface area (Å²) in [5, 5.41) is 8.59. The van der Waals surface area contributed by atoms with Crippen LogP contribution in [0.3, 0.4) is 0 Å². The van der Waals surface area contributed by atoms with Crippen LogP contribution in [0.4, 0.5) is 24.7 Å². The molecule has 0 radical (unpaired) electrons. The Morgan fingerprint density at radius 2 is 1.92 bits per heavy atom. The number of alkyl halides is 3. The van der Waals surface area contributed by atoms with Gasteiger partial charge in [0.05, 0.1) is 12.6 Å². The van der Waals surface area contributed by atoms with Gasteiger partial charge in [-0.3, -0.25) is 4.79 Å². The number of carbonyl (C=O) groups excluding carboxylic acids is 1. The summed E-state index contributed by atoms with van der Waals surface area (Å²) in [5.74, 6) is 0.338. The number of benzene rings is 2. The van der Waals surface area contributed by atoms with E-state index in [4.69, 9.17) is 9.47 Å². The Balaban J connectivity index is 1.41. The number of carbonyl (C=O) groups is 1. The van der Waals surface area contributed by atoms with E-state index >= 15 is 0 Å². The van der Waals surface area contributed by atoms with Crippen molar-refractivity contribution in [3.63, 3.8) is 0 Å². The molecule has 4 rings (SSSR count). The fourth-order valence-corrected chi connectivity index (χ4v) is 4.11. The van der Waals surface area contributed by atoms with Gasteiger partial charge >= 0.3 is 6.18 Å². The molecule has 0 unspecified atom stereocenters. The predicted octanol–water partition coefficient (Wildman–Crippen LogP) is 5.76. The van der Waals surface area contributed by atoms with E-state index in [2.05, 4.69) is 20.6 Å². The molecule has 1 amide bonds. The quantitative estimate of drug-likeness (QED) is 0.255. The summed E-state index contributed by atoms with van der Waals surface area (Å²) in [6, 6.07) is 14.2. The molecule has 0 fully saturated rings. The monoisotopic (exact) mass is 528 g/mol. The maximum atomic E-state index is 12.6. The number of halogens is 3. The molecule has 192 valence electrons. The highest BCUT2D eigenvalue weighted by Gasteiger charge is 2.29. The Morgan fingerprint density at radius 1 is 1.11 bits per heavy atom. The van der Waals surface area contributed by atoms with Gasteiger partial charge in [-0.15, -0.1) is 11.3 Å². The summed E-state index contributed by atoms with van der Waals surface area (Å²) >= 11 is 1.66. The number of aromatic nitrogens is 2. The number of amides is 1. The van der Waals surface area contributed by atoms with Gasteiger partial charge in [0, 0.05) is 34.6 Å². The van der Waals surface area contributed by atoms with Crippen LogP contribution in [-0.2, 0) is 11.2 Å². The Labute approximate surface area is 215 Å². The standard InChI is InChI=1S/C26H23F3N4O3S/c1-35-22-13-20-21(14-23(22)36-15-26(27,28)29)31-16-32-25(20)33-18-7-4-17(5-8-18)6-9-24(34)30-11-10-19-3-2-12-37-19/h2-9,12-14,16H,10-11,15H2,1H3,(H,30,34)(H,31,32,33)/b9-6+. The van der Waals surface area contributed by atoms with E-state index in [0.717, 1.165) is 12.0 Å². The maximum absolute atomic E-state index is 12.6. The van der Waals surface area contributed by atoms with Crippen LogP contribution in [0.15, 0.2) is 66.3 Å². The first kappa shape index (κ1) is 26.0. The molecule has 2 N–H and O–H groups in total. The summed E-state index contributed by atoms with van der Waals surface area (Å²) in [6.45, 7) is -0.872. The van der Waals surface area contributed by atoms with Gasteiger partial charge in [-0.05, 0) is 47.7 Å². The lowest BCUT2D eigenvalue weighted by Crippen LogP contribution is -2.23. The third kappa shape index (κ3) is 7.43. The summed E-state index contributed by atoms with van der Waals surface area (Å²) < 4.78 is 47.9. The Kier molecular flexibility index (Phi) is 8.24. The van der Waals surface area contributed by atoms with E-state index in [1.807, 2.05) is 41.8 Å². The lowest BCUT2D eigenvalue weighted by Gasteiger charge is -2.14. The van der Waals surface area contributed by atoms with Gasteiger partial charge in [0.25, 0.3) is 0 Å². The highest BCUT2D eigenvalue weighted by Crippen LogP contribution is 2.35. The smallest absolute Gasteiger partial charge is 0.422 e. The van der Waals surface area contributed by atoms with Crippen LogP contribution in [0, 0.1) is 0 Å². The molecule has 0 aliphatic rings. The zero-order valence-electron chi connectivity index (χ0n) is 19.7. The predicted molar refractivity (Wildman–Crippen MR) is 137 cm³/mol. The number of hydrogen-bond acceptors (Lipinski definition) is 7. The second-order valence-corrected chi connectivity index (χ2v) is 8.88. The van der Waals surface area contributed by atoms with Crippen molar-refractivity contribution in [3.8, 4) is 11.5 Å². The molecule has 0 aliphatic heterocycles. The van der Waals surface area contributed by atoms with Crippen molar-refractivity contribution in [3.05, 3.63) is 76.8 Å². The molecule has 0 spiro atoms. The van der Waals surface area contributed by atoms with Crippen LogP contribution in [0.1, 0.15) is 10.4 Å². The van der Waals surface area contributed by atoms with Gasteiger partial charge < -0.3 is 20.1 Å². The molecule has 11 heteroatoms. The van der Waals surface area contributed by atoms with E-state index in [1.165, 1.54) is 36.5 Å². The first-order valence-electron chi connectivity index (χ1n) is 11.2. The lowest BCUT2D eigenvalue weighted by atomic mass is 10.1. The fourth-order valence-electron chi connectivity index (χ4n) is 3.40. The number of thiophene rings is 1. The zero-order valence-corrected chi connectivity index (χ0v) is 20.5. The molecule has 7 nitrogen and oxygen atoms in total. The highest BCUT2D eigenvalue weighted by molar-refractivity contribution is 7.09. The van der Waals surface area contributed by atoms with Crippen molar-refractivity contribution >= 4 is 45.7 Å². The molecular formula is C26H23F3N4O3S. The summed E-state index contributed by atoms with van der Waals surface area (Å²) in [6.07, 6.45) is 0.826. The van der Waals surface area contributed by atoms with E-state index in [-0.39, 0.29) is 17.4 Å². The van der Waals surface area contributed by atoms with E-state index in [1.54, 1.807) is 17.4 Å². The van der Waals surface area contributed by atoms with Crippen molar-refractivity contribution in [1.82, 2.24) is 15.3 Å². The minimum Gasteiger partial charge on any atom is -0.493 e. The van der Waals surface area contributed by atoms with Crippen LogP contribution in [0.2, 0.25) is 0 Å². The number of fused-ring (bicyclic) bond motifs is 1. The Bertz CT molecular complexity index is 1370. The van der Waals surface area contributed by atoms with E-state index in [9.17, 15) is 18.0 Å². The third-order valence-corrected chi connectivity index (χ3v) is 6.10. The molecule has 0 bridgehead atoms. The van der Waals surface area contributed by atoms with E-state index < -0.39 is 12.8 Å². The Hall–Kier alpha value is -4.12. The number of ether oxygens (including phenoxy) is 2. The van der Waals surface area contributed by atoms with Crippen LogP contribution in [-0.4, -0.2) is 42.3 Å². The van der Waals surface area contributed by atoms with Crippen LogP contribution in [0.5, 0.6) is 11.5 Å². The number of nitrogens with zero attached hydrogens (tertiary/aromatic N) is 2. The summed E-state index contributed by atoms with van der Waals surface area (Å²) in [5.41, 5.74) is 1.94. The van der Waals surface area contributed by atoms with Crippen molar-refractivity contribution in [1.29, 1.82) is 0 Å². The minimum absolute atomic E-state index is 0.0660. The lowest BCUT2D eigenvalue weighted by molar-refractivity contribution is -0.153. The van der Waals surface area contributed by atoms with Crippen molar-refractivity contribution in [2.45, 2.75) is 12.6 Å². The molecule has 2 heterocycles. The van der Waals surface area contributed by atoms with Gasteiger partial charge in [-0.25, -0.2) is 9.97 Å².